The highest BCUT2D eigenvalue weighted by molar-refractivity contribution is 7.10. The van der Waals surface area contributed by atoms with Crippen molar-refractivity contribution < 1.29 is 4.79 Å². The Hall–Kier alpha value is -1.69. The predicted molar refractivity (Wildman–Crippen MR) is 85.0 cm³/mol. The molecule has 0 bridgehead atoms. The van der Waals surface area contributed by atoms with Crippen LogP contribution in [0.1, 0.15) is 52.2 Å². The Bertz CT molecular complexity index is 718. The first-order chi connectivity index (χ1) is 10.7. The number of carbonyl (C=O) groups excluding carboxylic acids is 1. The number of carbonyl (C=O) groups is 1. The number of amides is 1. The van der Waals surface area contributed by atoms with E-state index in [4.69, 9.17) is 0 Å². The van der Waals surface area contributed by atoms with Crippen LogP contribution in [0, 0.1) is 5.92 Å². The molecular formula is C16H20N4OS. The molecule has 22 heavy (non-hydrogen) atoms. The summed E-state index contributed by atoms with van der Waals surface area (Å²) < 4.78 is 2.13. The summed E-state index contributed by atoms with van der Waals surface area (Å²) >= 11 is 1.73. The third kappa shape index (κ3) is 2.35. The normalized spacial score (nSPS) is 19.8. The second-order valence-corrected chi connectivity index (χ2v) is 7.33. The van der Waals surface area contributed by atoms with Gasteiger partial charge in [0.25, 0.3) is 5.91 Å². The molecule has 2 aromatic rings. The van der Waals surface area contributed by atoms with Crippen LogP contribution in [0.5, 0.6) is 0 Å². The monoisotopic (exact) mass is 316 g/mol. The number of aromatic nitrogens is 3. The molecule has 1 N–H and O–H groups in total. The third-order valence-electron chi connectivity index (χ3n) is 4.74. The van der Waals surface area contributed by atoms with Gasteiger partial charge in [0, 0.05) is 23.2 Å². The van der Waals surface area contributed by atoms with Crippen LogP contribution in [0.15, 0.2) is 5.38 Å². The molecule has 116 valence electrons. The lowest BCUT2D eigenvalue weighted by Gasteiger charge is -2.18. The van der Waals surface area contributed by atoms with Crippen LogP contribution < -0.4 is 5.32 Å². The minimum absolute atomic E-state index is 0.0300. The van der Waals surface area contributed by atoms with Gasteiger partial charge in [-0.1, -0.05) is 6.92 Å². The second-order valence-electron chi connectivity index (χ2n) is 6.37. The molecule has 0 unspecified atom stereocenters. The van der Waals surface area contributed by atoms with Crippen molar-refractivity contribution in [2.75, 3.05) is 0 Å². The summed E-state index contributed by atoms with van der Waals surface area (Å²) in [7, 11) is 0. The average molecular weight is 316 g/mol. The molecule has 5 nitrogen and oxygen atoms in total. The Kier molecular flexibility index (Phi) is 3.48. The number of aryl methyl sites for hydroxylation is 1. The lowest BCUT2D eigenvalue weighted by Crippen LogP contribution is -2.26. The van der Waals surface area contributed by atoms with Gasteiger partial charge in [0.15, 0.2) is 5.82 Å². The summed E-state index contributed by atoms with van der Waals surface area (Å²) in [5, 5.41) is 13.4. The summed E-state index contributed by atoms with van der Waals surface area (Å²) in [5.74, 6) is 2.69. The van der Waals surface area contributed by atoms with Gasteiger partial charge in [-0.3, -0.25) is 4.79 Å². The molecule has 1 atom stereocenters. The van der Waals surface area contributed by atoms with Gasteiger partial charge in [-0.2, -0.15) is 0 Å². The zero-order chi connectivity index (χ0) is 15.1. The molecule has 1 aliphatic carbocycles. The van der Waals surface area contributed by atoms with Crippen LogP contribution in [0.4, 0.5) is 0 Å². The van der Waals surface area contributed by atoms with E-state index >= 15 is 0 Å². The Labute approximate surface area is 133 Å². The summed E-state index contributed by atoms with van der Waals surface area (Å²) in [6, 6.07) is 0. The van der Waals surface area contributed by atoms with Gasteiger partial charge >= 0.3 is 0 Å². The molecule has 0 fully saturated rings. The van der Waals surface area contributed by atoms with Crippen molar-refractivity contribution in [1.82, 2.24) is 20.1 Å². The van der Waals surface area contributed by atoms with Crippen LogP contribution >= 0.6 is 11.3 Å². The lowest BCUT2D eigenvalue weighted by atomic mass is 9.88. The van der Waals surface area contributed by atoms with E-state index in [9.17, 15) is 4.79 Å². The predicted octanol–water partition coefficient (Wildman–Crippen LogP) is 2.34. The maximum Gasteiger partial charge on any atom is 0.252 e. The van der Waals surface area contributed by atoms with Crippen LogP contribution in [0.2, 0.25) is 0 Å². The second kappa shape index (κ2) is 5.50. The van der Waals surface area contributed by atoms with Crippen LogP contribution in [-0.4, -0.2) is 20.7 Å². The number of nitrogens with one attached hydrogen (secondary N) is 1. The Morgan fingerprint density at radius 2 is 2.36 bits per heavy atom. The maximum atomic E-state index is 12.5. The molecule has 2 aliphatic rings. The molecule has 0 aromatic carbocycles. The Morgan fingerprint density at radius 1 is 1.45 bits per heavy atom. The highest BCUT2D eigenvalue weighted by atomic mass is 32.1. The molecule has 0 radical (unpaired) electrons. The van der Waals surface area contributed by atoms with E-state index in [2.05, 4.69) is 27.0 Å². The summed E-state index contributed by atoms with van der Waals surface area (Å²) in [6.07, 6.45) is 5.45. The van der Waals surface area contributed by atoms with Gasteiger partial charge < -0.3 is 9.88 Å². The van der Waals surface area contributed by atoms with Crippen molar-refractivity contribution >= 4 is 17.2 Å². The fraction of sp³-hybridized carbons (Fsp3) is 0.562. The molecule has 6 heteroatoms. The molecule has 1 aliphatic heterocycles. The topological polar surface area (TPSA) is 59.8 Å². The summed E-state index contributed by atoms with van der Waals surface area (Å²) in [6.45, 7) is 3.72. The van der Waals surface area contributed by atoms with Gasteiger partial charge in [-0.15, -0.1) is 21.5 Å². The maximum absolute atomic E-state index is 12.5. The van der Waals surface area contributed by atoms with Crippen molar-refractivity contribution in [1.29, 1.82) is 0 Å². The third-order valence-corrected chi connectivity index (χ3v) is 5.79. The standard InChI is InChI=1S/C16H20N4OS/c1-10-4-5-11-12(9-22-13(11)7-10)16(21)17-8-15-19-18-14-3-2-6-20(14)15/h9-10H,2-8H2,1H3,(H,17,21)/t10-/m1/s1. The number of nitrogens with zero attached hydrogens (tertiary/aromatic N) is 3. The molecule has 0 saturated heterocycles. The van der Waals surface area contributed by atoms with Crippen molar-refractivity contribution in [2.45, 2.75) is 52.1 Å². The molecule has 1 amide bonds. The van der Waals surface area contributed by atoms with E-state index in [1.54, 1.807) is 11.3 Å². The highest BCUT2D eigenvalue weighted by Gasteiger charge is 2.24. The zero-order valence-corrected chi connectivity index (χ0v) is 13.6. The molecule has 2 aromatic heterocycles. The first-order valence-electron chi connectivity index (χ1n) is 8.00. The minimum Gasteiger partial charge on any atom is -0.345 e. The molecule has 0 spiro atoms. The number of rotatable bonds is 3. The van der Waals surface area contributed by atoms with Crippen molar-refractivity contribution in [3.05, 3.63) is 33.0 Å². The summed E-state index contributed by atoms with van der Waals surface area (Å²) in [4.78, 5) is 13.9. The van der Waals surface area contributed by atoms with E-state index in [1.165, 1.54) is 16.9 Å². The molecule has 3 heterocycles. The van der Waals surface area contributed by atoms with Crippen LogP contribution in [-0.2, 0) is 32.4 Å². The van der Waals surface area contributed by atoms with E-state index in [0.29, 0.717) is 6.54 Å². The highest BCUT2D eigenvalue weighted by Crippen LogP contribution is 2.32. The quantitative estimate of drug-likeness (QED) is 0.945. The van der Waals surface area contributed by atoms with E-state index in [0.717, 1.165) is 55.4 Å². The van der Waals surface area contributed by atoms with E-state index in [1.807, 2.05) is 5.38 Å². The van der Waals surface area contributed by atoms with Crippen molar-refractivity contribution in [2.24, 2.45) is 5.92 Å². The number of fused-ring (bicyclic) bond motifs is 2. The smallest absolute Gasteiger partial charge is 0.252 e. The SMILES string of the molecule is C[C@@H]1CCc2c(C(=O)NCc3nnc4n3CCC4)csc2C1. The number of hydrogen-bond donors (Lipinski definition) is 1. The van der Waals surface area contributed by atoms with E-state index in [-0.39, 0.29) is 5.91 Å². The fourth-order valence-corrected chi connectivity index (χ4v) is 4.71. The minimum atomic E-state index is 0.0300. The zero-order valence-electron chi connectivity index (χ0n) is 12.8. The van der Waals surface area contributed by atoms with Crippen molar-refractivity contribution in [3.8, 4) is 0 Å². The van der Waals surface area contributed by atoms with Crippen LogP contribution in [0.3, 0.4) is 0 Å². The molecule has 0 saturated carbocycles. The first-order valence-corrected chi connectivity index (χ1v) is 8.88. The average Bonchev–Trinajstić information content (AvgIpc) is 3.19. The van der Waals surface area contributed by atoms with Gasteiger partial charge in [-0.05, 0) is 37.2 Å². The molecule has 4 rings (SSSR count). The van der Waals surface area contributed by atoms with Crippen LogP contribution in [0.25, 0.3) is 0 Å². The fourth-order valence-electron chi connectivity index (χ4n) is 3.46. The van der Waals surface area contributed by atoms with Gasteiger partial charge in [0.1, 0.15) is 5.82 Å². The number of hydrogen-bond acceptors (Lipinski definition) is 4. The number of thiophene rings is 1. The van der Waals surface area contributed by atoms with E-state index < -0.39 is 0 Å². The largest absolute Gasteiger partial charge is 0.345 e. The molecular weight excluding hydrogens is 296 g/mol. The summed E-state index contributed by atoms with van der Waals surface area (Å²) in [5.41, 5.74) is 2.14. The first kappa shape index (κ1) is 13.9. The van der Waals surface area contributed by atoms with Gasteiger partial charge in [0.2, 0.25) is 0 Å². The van der Waals surface area contributed by atoms with Gasteiger partial charge in [-0.25, -0.2) is 0 Å². The van der Waals surface area contributed by atoms with Gasteiger partial charge in [0.05, 0.1) is 12.1 Å². The Morgan fingerprint density at radius 3 is 3.27 bits per heavy atom. The van der Waals surface area contributed by atoms with Crippen molar-refractivity contribution in [3.63, 3.8) is 0 Å². The lowest BCUT2D eigenvalue weighted by molar-refractivity contribution is 0.0948. The Balaban J connectivity index is 1.46.